The first-order chi connectivity index (χ1) is 12.7. The second-order valence-electron chi connectivity index (χ2n) is 6.82. The molecule has 1 aromatic carbocycles. The molecular formula is C21H30IN5. The maximum atomic E-state index is 4.39. The van der Waals surface area contributed by atoms with Gasteiger partial charge in [0, 0.05) is 50.3 Å². The van der Waals surface area contributed by atoms with Crippen LogP contribution in [-0.4, -0.2) is 43.7 Å². The summed E-state index contributed by atoms with van der Waals surface area (Å²) >= 11 is 0. The highest BCUT2D eigenvalue weighted by molar-refractivity contribution is 14.0. The SMILES string of the molecule is CN=C(NCCc1ccc(C)nc1)NC1CCCN(c2ccccc2)C1.I. The van der Waals surface area contributed by atoms with E-state index in [1.165, 1.54) is 24.1 Å². The molecule has 0 spiro atoms. The van der Waals surface area contributed by atoms with Crippen LogP contribution in [0.4, 0.5) is 5.69 Å². The highest BCUT2D eigenvalue weighted by Gasteiger charge is 2.20. The average Bonchev–Trinajstić information content (AvgIpc) is 2.69. The van der Waals surface area contributed by atoms with Crippen LogP contribution >= 0.6 is 24.0 Å². The number of piperidine rings is 1. The number of nitrogens with zero attached hydrogens (tertiary/aromatic N) is 3. The fourth-order valence-corrected chi connectivity index (χ4v) is 3.33. The Morgan fingerprint density at radius 3 is 2.74 bits per heavy atom. The Hall–Kier alpha value is -1.83. The molecule has 1 atom stereocenters. The standard InChI is InChI=1S/C21H29N5.HI/c1-17-10-11-18(15-24-17)12-13-23-21(22-2)25-19-7-6-14-26(16-19)20-8-4-3-5-9-20;/h3-5,8-11,15,19H,6-7,12-14,16H2,1-2H3,(H2,22,23,25);1H. The second-order valence-corrected chi connectivity index (χ2v) is 6.82. The summed E-state index contributed by atoms with van der Waals surface area (Å²) in [4.78, 5) is 11.2. The predicted octanol–water partition coefficient (Wildman–Crippen LogP) is 3.38. The number of anilines is 1. The minimum atomic E-state index is 0. The van der Waals surface area contributed by atoms with Gasteiger partial charge in [0.25, 0.3) is 0 Å². The van der Waals surface area contributed by atoms with Crippen LogP contribution in [0.2, 0.25) is 0 Å². The molecule has 1 fully saturated rings. The Labute approximate surface area is 179 Å². The smallest absolute Gasteiger partial charge is 0.191 e. The maximum absolute atomic E-state index is 4.39. The average molecular weight is 479 g/mol. The molecule has 1 aliphatic rings. The van der Waals surface area contributed by atoms with Gasteiger partial charge in [-0.05, 0) is 49.9 Å². The van der Waals surface area contributed by atoms with Crippen molar-refractivity contribution in [2.45, 2.75) is 32.2 Å². The number of benzene rings is 1. The zero-order valence-corrected chi connectivity index (χ0v) is 18.5. The number of hydrogen-bond acceptors (Lipinski definition) is 3. The van der Waals surface area contributed by atoms with E-state index in [-0.39, 0.29) is 24.0 Å². The molecule has 3 rings (SSSR count). The number of para-hydroxylation sites is 1. The predicted molar refractivity (Wildman–Crippen MR) is 124 cm³/mol. The Bertz CT molecular complexity index is 702. The van der Waals surface area contributed by atoms with Crippen molar-refractivity contribution in [3.63, 3.8) is 0 Å². The van der Waals surface area contributed by atoms with Gasteiger partial charge in [-0.1, -0.05) is 24.3 Å². The molecule has 1 aromatic heterocycles. The van der Waals surface area contributed by atoms with E-state index in [1.807, 2.05) is 20.2 Å². The van der Waals surface area contributed by atoms with Crippen LogP contribution in [-0.2, 0) is 6.42 Å². The Morgan fingerprint density at radius 1 is 1.22 bits per heavy atom. The number of pyridine rings is 1. The first-order valence-electron chi connectivity index (χ1n) is 9.43. The molecular weight excluding hydrogens is 449 g/mol. The zero-order chi connectivity index (χ0) is 18.2. The monoisotopic (exact) mass is 479 g/mol. The van der Waals surface area contributed by atoms with Crippen molar-refractivity contribution < 1.29 is 0 Å². The van der Waals surface area contributed by atoms with E-state index in [0.717, 1.165) is 37.7 Å². The van der Waals surface area contributed by atoms with Gasteiger partial charge in [-0.25, -0.2) is 0 Å². The van der Waals surface area contributed by atoms with Crippen molar-refractivity contribution in [1.82, 2.24) is 15.6 Å². The highest BCUT2D eigenvalue weighted by atomic mass is 127. The number of guanidine groups is 1. The van der Waals surface area contributed by atoms with E-state index in [2.05, 4.69) is 68.0 Å². The molecule has 0 amide bonds. The van der Waals surface area contributed by atoms with Crippen LogP contribution in [0.3, 0.4) is 0 Å². The minimum absolute atomic E-state index is 0. The van der Waals surface area contributed by atoms with E-state index in [0.29, 0.717) is 6.04 Å². The molecule has 146 valence electrons. The van der Waals surface area contributed by atoms with Crippen LogP contribution < -0.4 is 15.5 Å². The third-order valence-corrected chi connectivity index (χ3v) is 4.79. The number of nitrogens with one attached hydrogen (secondary N) is 2. The lowest BCUT2D eigenvalue weighted by Crippen LogP contribution is -2.51. The van der Waals surface area contributed by atoms with Gasteiger partial charge >= 0.3 is 0 Å². The van der Waals surface area contributed by atoms with Gasteiger partial charge in [0.15, 0.2) is 5.96 Å². The van der Waals surface area contributed by atoms with Crippen molar-refractivity contribution in [2.75, 3.05) is 31.6 Å². The van der Waals surface area contributed by atoms with Gasteiger partial charge in [0.2, 0.25) is 0 Å². The van der Waals surface area contributed by atoms with Crippen LogP contribution in [0.5, 0.6) is 0 Å². The molecule has 2 N–H and O–H groups in total. The molecule has 0 bridgehead atoms. The molecule has 6 heteroatoms. The summed E-state index contributed by atoms with van der Waals surface area (Å²) in [5, 5.41) is 7.01. The van der Waals surface area contributed by atoms with E-state index in [4.69, 9.17) is 0 Å². The lowest BCUT2D eigenvalue weighted by atomic mass is 10.1. The van der Waals surface area contributed by atoms with Crippen molar-refractivity contribution >= 4 is 35.6 Å². The normalized spacial score (nSPS) is 17.2. The number of aryl methyl sites for hydroxylation is 1. The molecule has 2 aromatic rings. The molecule has 5 nitrogen and oxygen atoms in total. The van der Waals surface area contributed by atoms with Gasteiger partial charge in [0.1, 0.15) is 0 Å². The Morgan fingerprint density at radius 2 is 2.04 bits per heavy atom. The maximum Gasteiger partial charge on any atom is 0.191 e. The quantitative estimate of drug-likeness (QED) is 0.392. The molecule has 1 saturated heterocycles. The van der Waals surface area contributed by atoms with Gasteiger partial charge in [0.05, 0.1) is 0 Å². The van der Waals surface area contributed by atoms with Crippen LogP contribution in [0.1, 0.15) is 24.1 Å². The first kappa shape index (κ1) is 21.5. The number of hydrogen-bond donors (Lipinski definition) is 2. The number of rotatable bonds is 5. The first-order valence-corrected chi connectivity index (χ1v) is 9.43. The lowest BCUT2D eigenvalue weighted by Gasteiger charge is -2.35. The summed E-state index contributed by atoms with van der Waals surface area (Å²) in [5.41, 5.74) is 3.60. The van der Waals surface area contributed by atoms with Gasteiger partial charge in [-0.2, -0.15) is 0 Å². The molecule has 2 heterocycles. The van der Waals surface area contributed by atoms with E-state index in [9.17, 15) is 0 Å². The molecule has 0 aliphatic carbocycles. The van der Waals surface area contributed by atoms with Gasteiger partial charge in [-0.15, -0.1) is 24.0 Å². The minimum Gasteiger partial charge on any atom is -0.369 e. The summed E-state index contributed by atoms with van der Waals surface area (Å²) < 4.78 is 0. The number of halogens is 1. The number of aliphatic imine (C=N–C) groups is 1. The van der Waals surface area contributed by atoms with E-state index in [1.54, 1.807) is 0 Å². The van der Waals surface area contributed by atoms with Crippen LogP contribution in [0, 0.1) is 6.92 Å². The third-order valence-electron chi connectivity index (χ3n) is 4.79. The molecule has 1 aliphatic heterocycles. The zero-order valence-electron chi connectivity index (χ0n) is 16.2. The molecule has 27 heavy (non-hydrogen) atoms. The van der Waals surface area contributed by atoms with Crippen molar-refractivity contribution in [2.24, 2.45) is 4.99 Å². The fraction of sp³-hybridized carbons (Fsp3) is 0.429. The van der Waals surface area contributed by atoms with Gasteiger partial charge in [-0.3, -0.25) is 9.98 Å². The Balaban J connectivity index is 0.00000261. The van der Waals surface area contributed by atoms with Crippen LogP contribution in [0.25, 0.3) is 0 Å². The fourth-order valence-electron chi connectivity index (χ4n) is 3.33. The third kappa shape index (κ3) is 6.68. The summed E-state index contributed by atoms with van der Waals surface area (Å²) in [7, 11) is 1.83. The van der Waals surface area contributed by atoms with E-state index >= 15 is 0 Å². The van der Waals surface area contributed by atoms with Crippen molar-refractivity contribution in [1.29, 1.82) is 0 Å². The van der Waals surface area contributed by atoms with Crippen molar-refractivity contribution in [3.05, 3.63) is 59.9 Å². The van der Waals surface area contributed by atoms with E-state index < -0.39 is 0 Å². The second kappa shape index (κ2) is 11.1. The molecule has 0 saturated carbocycles. The van der Waals surface area contributed by atoms with Crippen LogP contribution in [0.15, 0.2) is 53.7 Å². The summed E-state index contributed by atoms with van der Waals surface area (Å²) in [6.45, 7) is 4.98. The summed E-state index contributed by atoms with van der Waals surface area (Å²) in [6, 6.07) is 15.3. The number of aromatic nitrogens is 1. The molecule has 0 radical (unpaired) electrons. The summed E-state index contributed by atoms with van der Waals surface area (Å²) in [6.07, 6.45) is 5.26. The Kier molecular flexibility index (Phi) is 8.84. The van der Waals surface area contributed by atoms with Gasteiger partial charge < -0.3 is 15.5 Å². The summed E-state index contributed by atoms with van der Waals surface area (Å²) in [5.74, 6) is 0.880. The topological polar surface area (TPSA) is 52.6 Å². The largest absolute Gasteiger partial charge is 0.369 e. The van der Waals surface area contributed by atoms with Crippen molar-refractivity contribution in [3.8, 4) is 0 Å². The lowest BCUT2D eigenvalue weighted by molar-refractivity contribution is 0.468. The highest BCUT2D eigenvalue weighted by Crippen LogP contribution is 2.19. The molecule has 1 unspecified atom stereocenters.